The van der Waals surface area contributed by atoms with Crippen LogP contribution < -0.4 is 15.4 Å². The van der Waals surface area contributed by atoms with Crippen molar-refractivity contribution in [3.05, 3.63) is 46.0 Å². The molecule has 1 aliphatic carbocycles. The molecule has 0 bridgehead atoms. The number of aromatic nitrogens is 2. The van der Waals surface area contributed by atoms with Gasteiger partial charge in [0.25, 0.3) is 11.9 Å². The minimum Gasteiger partial charge on any atom is -0.490 e. The maximum Gasteiger partial charge on any atom is 0.326 e. The van der Waals surface area contributed by atoms with Crippen molar-refractivity contribution in [1.29, 1.82) is 0 Å². The zero-order valence-corrected chi connectivity index (χ0v) is 16.0. The number of nitrogens with zero attached hydrogens (tertiary/aromatic N) is 2. The molecule has 1 amide bonds. The summed E-state index contributed by atoms with van der Waals surface area (Å²) in [5.41, 5.74) is 4.09. The molecule has 28 heavy (non-hydrogen) atoms. The Morgan fingerprint density at radius 1 is 1.25 bits per heavy atom. The summed E-state index contributed by atoms with van der Waals surface area (Å²) in [5, 5.41) is 0. The minimum atomic E-state index is -0.380. The average Bonchev–Trinajstić information content (AvgIpc) is 3.23. The lowest BCUT2D eigenvalue weighted by molar-refractivity contribution is -0.467. The normalized spacial score (nSPS) is 21.6. The number of likely N-dealkylation sites (N-methyl/N-ethyl adjacent to an activating group) is 1. The van der Waals surface area contributed by atoms with Gasteiger partial charge >= 0.3 is 5.69 Å². The van der Waals surface area contributed by atoms with Gasteiger partial charge in [-0.3, -0.25) is 9.36 Å². The lowest BCUT2D eigenvalue weighted by Gasteiger charge is -2.28. The Morgan fingerprint density at radius 2 is 2.07 bits per heavy atom. The Labute approximate surface area is 162 Å². The summed E-state index contributed by atoms with van der Waals surface area (Å²) in [6.45, 7) is 0.637. The van der Waals surface area contributed by atoms with Gasteiger partial charge in [0, 0.05) is 43.1 Å². The number of hydrogen-bond donors (Lipinski definition) is 2. The molecule has 3 aliphatic rings. The highest BCUT2D eigenvalue weighted by molar-refractivity contribution is 6.03. The summed E-state index contributed by atoms with van der Waals surface area (Å²) in [7, 11) is 3.51. The van der Waals surface area contributed by atoms with Crippen molar-refractivity contribution in [2.75, 3.05) is 13.7 Å². The number of benzene rings is 1. The number of aryl methyl sites for hydroxylation is 1. The number of carbonyl (C=O) groups is 1. The quantitative estimate of drug-likeness (QED) is 0.803. The summed E-state index contributed by atoms with van der Waals surface area (Å²) in [6.07, 6.45) is 9.22. The van der Waals surface area contributed by atoms with Gasteiger partial charge in [-0.2, -0.15) is 0 Å². The van der Waals surface area contributed by atoms with Crippen LogP contribution in [0.2, 0.25) is 0 Å². The van der Waals surface area contributed by atoms with E-state index < -0.39 is 0 Å². The van der Waals surface area contributed by atoms with Crippen LogP contribution in [-0.4, -0.2) is 46.3 Å². The van der Waals surface area contributed by atoms with Gasteiger partial charge in [0.15, 0.2) is 12.0 Å². The first-order chi connectivity index (χ1) is 13.5. The molecule has 5 rings (SSSR count). The third-order valence-electron chi connectivity index (χ3n) is 6.08. The Hall–Kier alpha value is -3.09. The monoisotopic (exact) mass is 379 g/mol. The molecule has 0 radical (unpaired) electrons. The molecule has 1 aromatic heterocycles. The maximum atomic E-state index is 12.5. The van der Waals surface area contributed by atoms with E-state index in [1.807, 2.05) is 30.6 Å². The number of ether oxygens (including phenoxy) is 1. The number of imidazole rings is 1. The largest absolute Gasteiger partial charge is 0.490 e. The number of amides is 1. The second-order valence-electron chi connectivity index (χ2n) is 7.81. The Balaban J connectivity index is 1.67. The number of hydrogen-bond acceptors (Lipinski definition) is 3. The van der Waals surface area contributed by atoms with E-state index in [9.17, 15) is 9.59 Å². The van der Waals surface area contributed by atoms with Crippen LogP contribution >= 0.6 is 0 Å². The van der Waals surface area contributed by atoms with Crippen molar-refractivity contribution < 1.29 is 14.5 Å². The molecule has 1 saturated carbocycles. The van der Waals surface area contributed by atoms with Crippen LogP contribution in [0.15, 0.2) is 34.8 Å². The molecule has 0 saturated heterocycles. The first-order valence-electron chi connectivity index (χ1n) is 9.68. The molecule has 144 valence electrons. The van der Waals surface area contributed by atoms with Crippen molar-refractivity contribution >= 4 is 28.7 Å². The number of H-pyrrole nitrogens is 1. The molecule has 0 spiro atoms. The lowest BCUT2D eigenvalue weighted by Crippen LogP contribution is -2.78. The fourth-order valence-corrected chi connectivity index (χ4v) is 4.13. The molecule has 2 N–H and O–H groups in total. The highest BCUT2D eigenvalue weighted by atomic mass is 16.5. The van der Waals surface area contributed by atoms with E-state index in [0.717, 1.165) is 22.2 Å². The third-order valence-corrected chi connectivity index (χ3v) is 6.08. The highest BCUT2D eigenvalue weighted by Gasteiger charge is 2.39. The lowest BCUT2D eigenvalue weighted by atomic mass is 9.86. The molecule has 1 atom stereocenters. The standard InChI is InChI=1S/C21H22N4O3/c1-24-10-15(13-8-9-22-17(13)20(24)26)14-6-7-16-18(23-21(27)25(16)2)19(14)28-11-12-4-3-5-12/h6-10,12,17H,3-5,11H2,1-2H3,(H,23,27)/p+1. The first-order valence-corrected chi connectivity index (χ1v) is 9.68. The van der Waals surface area contributed by atoms with Crippen molar-refractivity contribution in [1.82, 2.24) is 14.5 Å². The van der Waals surface area contributed by atoms with Crippen molar-refractivity contribution in [2.45, 2.75) is 25.3 Å². The van der Waals surface area contributed by atoms with E-state index >= 15 is 0 Å². The van der Waals surface area contributed by atoms with Crippen LogP contribution in [0, 0.1) is 5.92 Å². The summed E-state index contributed by atoms with van der Waals surface area (Å²) >= 11 is 0. The number of fused-ring (bicyclic) bond motifs is 2. The number of nitrogens with one attached hydrogen (secondary N) is 2. The van der Waals surface area contributed by atoms with E-state index in [1.165, 1.54) is 19.3 Å². The molecule has 2 aromatic rings. The predicted molar refractivity (Wildman–Crippen MR) is 106 cm³/mol. The number of aromatic amines is 1. The van der Waals surface area contributed by atoms with Gasteiger partial charge in [0.1, 0.15) is 5.52 Å². The summed E-state index contributed by atoms with van der Waals surface area (Å²) in [4.78, 5) is 32.4. The maximum absolute atomic E-state index is 12.5. The molecule has 7 nitrogen and oxygen atoms in total. The van der Waals surface area contributed by atoms with E-state index in [0.29, 0.717) is 23.8 Å². The van der Waals surface area contributed by atoms with E-state index in [4.69, 9.17) is 4.74 Å². The molecule has 1 aromatic carbocycles. The van der Waals surface area contributed by atoms with Gasteiger partial charge in [0.2, 0.25) is 0 Å². The topological polar surface area (TPSA) is 81.3 Å². The molecule has 1 fully saturated rings. The third kappa shape index (κ3) is 2.46. The highest BCUT2D eigenvalue weighted by Crippen LogP contribution is 2.39. The van der Waals surface area contributed by atoms with Crippen LogP contribution in [0.25, 0.3) is 16.6 Å². The number of allylic oxidation sites excluding steroid dienone is 1. The molecular formula is C21H23N4O3+. The predicted octanol–water partition coefficient (Wildman–Crippen LogP) is 0.318. The summed E-state index contributed by atoms with van der Waals surface area (Å²) in [5.74, 6) is 1.26. The van der Waals surface area contributed by atoms with E-state index in [-0.39, 0.29) is 17.6 Å². The van der Waals surface area contributed by atoms with Gasteiger partial charge in [-0.05, 0) is 30.9 Å². The van der Waals surface area contributed by atoms with Crippen LogP contribution in [-0.2, 0) is 11.8 Å². The van der Waals surface area contributed by atoms with Crippen LogP contribution in [0.3, 0.4) is 0 Å². The molecule has 7 heteroatoms. The molecular weight excluding hydrogens is 356 g/mol. The van der Waals surface area contributed by atoms with E-state index in [1.54, 1.807) is 23.6 Å². The molecule has 3 heterocycles. The Bertz CT molecular complexity index is 1130. The SMILES string of the molecule is CN1C=C(c2ccc3c([nH]c(=O)n3C)c2OCC2CCC2)C2=CC=[NH+]C2C1=O. The van der Waals surface area contributed by atoms with Crippen molar-refractivity contribution in [3.63, 3.8) is 0 Å². The number of rotatable bonds is 4. The van der Waals surface area contributed by atoms with Crippen molar-refractivity contribution in [2.24, 2.45) is 13.0 Å². The molecule has 1 unspecified atom stereocenters. The fourth-order valence-electron chi connectivity index (χ4n) is 4.13. The van der Waals surface area contributed by atoms with Gasteiger partial charge in [-0.1, -0.05) is 6.42 Å². The van der Waals surface area contributed by atoms with Crippen LogP contribution in [0.4, 0.5) is 0 Å². The Kier molecular flexibility index (Phi) is 3.79. The van der Waals surface area contributed by atoms with Gasteiger partial charge in [-0.15, -0.1) is 0 Å². The minimum absolute atomic E-state index is 0.00915. The van der Waals surface area contributed by atoms with Crippen molar-refractivity contribution in [3.8, 4) is 5.75 Å². The second-order valence-corrected chi connectivity index (χ2v) is 7.81. The fraction of sp³-hybridized carbons (Fsp3) is 0.381. The van der Waals surface area contributed by atoms with E-state index in [2.05, 4.69) is 9.98 Å². The second kappa shape index (κ2) is 6.22. The van der Waals surface area contributed by atoms with Gasteiger partial charge < -0.3 is 14.6 Å². The van der Waals surface area contributed by atoms with Crippen LogP contribution in [0.5, 0.6) is 5.75 Å². The first kappa shape index (κ1) is 17.0. The van der Waals surface area contributed by atoms with Crippen LogP contribution in [0.1, 0.15) is 24.8 Å². The van der Waals surface area contributed by atoms with Gasteiger partial charge in [-0.25, -0.2) is 9.79 Å². The zero-order chi connectivity index (χ0) is 19.4. The number of carbonyl (C=O) groups excluding carboxylic acids is 1. The Morgan fingerprint density at radius 3 is 2.82 bits per heavy atom. The van der Waals surface area contributed by atoms with Gasteiger partial charge in [0.05, 0.1) is 12.1 Å². The summed E-state index contributed by atoms with van der Waals surface area (Å²) < 4.78 is 7.89. The summed E-state index contributed by atoms with van der Waals surface area (Å²) in [6, 6.07) is 3.53. The average molecular weight is 379 g/mol. The zero-order valence-electron chi connectivity index (χ0n) is 16.0. The smallest absolute Gasteiger partial charge is 0.326 e. The molecule has 2 aliphatic heterocycles.